The van der Waals surface area contributed by atoms with E-state index < -0.39 is 10.8 Å². The van der Waals surface area contributed by atoms with E-state index in [1.807, 2.05) is 18.2 Å². The van der Waals surface area contributed by atoms with E-state index in [1.54, 1.807) is 0 Å². The van der Waals surface area contributed by atoms with Crippen LogP contribution in [0.5, 0.6) is 0 Å². The Kier molecular flexibility index (Phi) is 4.64. The highest BCUT2D eigenvalue weighted by atomic mass is 79.9. The van der Waals surface area contributed by atoms with Crippen molar-refractivity contribution in [2.45, 2.75) is 25.4 Å². The maximum Gasteiger partial charge on any atom is 0.0465 e. The van der Waals surface area contributed by atoms with Crippen LogP contribution in [0, 0.1) is 0 Å². The van der Waals surface area contributed by atoms with Gasteiger partial charge in [-0.3, -0.25) is 4.21 Å². The minimum absolute atomic E-state index is 0.107. The van der Waals surface area contributed by atoms with Crippen LogP contribution in [0.2, 0.25) is 5.02 Å². The number of halogens is 2. The van der Waals surface area contributed by atoms with Crippen molar-refractivity contribution in [1.82, 2.24) is 5.32 Å². The highest BCUT2D eigenvalue weighted by Crippen LogP contribution is 2.29. The molecule has 2 nitrogen and oxygen atoms in total. The van der Waals surface area contributed by atoms with Gasteiger partial charge in [0.15, 0.2) is 0 Å². The fraction of sp³-hybridized carbons (Fsp3) is 0.500. The van der Waals surface area contributed by atoms with Crippen molar-refractivity contribution < 1.29 is 4.21 Å². The second-order valence-corrected chi connectivity index (χ2v) is 7.13. The number of hydrogen-bond acceptors (Lipinski definition) is 2. The molecular weight excluding hydrogens is 322 g/mol. The summed E-state index contributed by atoms with van der Waals surface area (Å²) in [4.78, 5) is 0. The molecule has 0 saturated carbocycles. The molecule has 0 radical (unpaired) electrons. The van der Waals surface area contributed by atoms with Gasteiger partial charge in [-0.2, -0.15) is 0 Å². The lowest BCUT2D eigenvalue weighted by molar-refractivity contribution is 0.456. The second-order valence-electron chi connectivity index (χ2n) is 4.26. The highest BCUT2D eigenvalue weighted by molar-refractivity contribution is 9.10. The van der Waals surface area contributed by atoms with Crippen LogP contribution in [0.25, 0.3) is 0 Å². The molecule has 2 rings (SSSR count). The second kappa shape index (κ2) is 5.83. The molecule has 5 heteroatoms. The van der Waals surface area contributed by atoms with Crippen molar-refractivity contribution in [3.63, 3.8) is 0 Å². The monoisotopic (exact) mass is 335 g/mol. The largest absolute Gasteiger partial charge is 0.305 e. The minimum atomic E-state index is -0.747. The molecule has 1 aromatic carbocycles. The van der Waals surface area contributed by atoms with Crippen LogP contribution in [0.4, 0.5) is 0 Å². The third-order valence-corrected chi connectivity index (χ3v) is 5.31. The third kappa shape index (κ3) is 3.31. The molecule has 0 amide bonds. The molecule has 1 fully saturated rings. The van der Waals surface area contributed by atoms with Gasteiger partial charge in [-0.15, -0.1) is 0 Å². The van der Waals surface area contributed by atoms with E-state index >= 15 is 0 Å². The molecule has 1 aliphatic rings. The van der Waals surface area contributed by atoms with Crippen LogP contribution >= 0.6 is 27.5 Å². The fourth-order valence-electron chi connectivity index (χ4n) is 2.06. The molecular formula is C12H15BrClNOS. The highest BCUT2D eigenvalue weighted by Gasteiger charge is 2.26. The first-order valence-electron chi connectivity index (χ1n) is 5.66. The van der Waals surface area contributed by atoms with Gasteiger partial charge in [0, 0.05) is 43.9 Å². The SMILES string of the molecule is CCC1CS(=O)CC(c2ccc(Br)cc2Cl)N1. The van der Waals surface area contributed by atoms with Crippen molar-refractivity contribution in [2.75, 3.05) is 11.5 Å². The summed E-state index contributed by atoms with van der Waals surface area (Å²) in [5.74, 6) is 1.40. The summed E-state index contributed by atoms with van der Waals surface area (Å²) < 4.78 is 12.8. The van der Waals surface area contributed by atoms with E-state index in [2.05, 4.69) is 28.2 Å². The molecule has 1 heterocycles. The van der Waals surface area contributed by atoms with E-state index in [0.717, 1.165) is 27.2 Å². The van der Waals surface area contributed by atoms with Crippen molar-refractivity contribution in [3.8, 4) is 0 Å². The first kappa shape index (κ1) is 13.5. The predicted molar refractivity (Wildman–Crippen MR) is 77.0 cm³/mol. The van der Waals surface area contributed by atoms with Crippen molar-refractivity contribution in [2.24, 2.45) is 0 Å². The van der Waals surface area contributed by atoms with E-state index in [4.69, 9.17) is 11.6 Å². The molecule has 0 bridgehead atoms. The minimum Gasteiger partial charge on any atom is -0.305 e. The Morgan fingerprint density at radius 2 is 2.29 bits per heavy atom. The molecule has 17 heavy (non-hydrogen) atoms. The van der Waals surface area contributed by atoms with Crippen LogP contribution in [-0.4, -0.2) is 21.8 Å². The smallest absolute Gasteiger partial charge is 0.0465 e. The Labute approximate surface area is 118 Å². The zero-order valence-corrected chi connectivity index (χ0v) is 12.7. The predicted octanol–water partition coefficient (Wildman–Crippen LogP) is 3.27. The van der Waals surface area contributed by atoms with Gasteiger partial charge in [0.25, 0.3) is 0 Å². The van der Waals surface area contributed by atoms with E-state index in [1.165, 1.54) is 0 Å². The number of nitrogens with one attached hydrogen (secondary N) is 1. The number of rotatable bonds is 2. The van der Waals surface area contributed by atoms with Gasteiger partial charge < -0.3 is 5.32 Å². The van der Waals surface area contributed by atoms with E-state index in [9.17, 15) is 4.21 Å². The van der Waals surface area contributed by atoms with Crippen LogP contribution in [0.3, 0.4) is 0 Å². The summed E-state index contributed by atoms with van der Waals surface area (Å²) >= 11 is 9.63. The van der Waals surface area contributed by atoms with Crippen LogP contribution in [-0.2, 0) is 10.8 Å². The molecule has 1 N–H and O–H groups in total. The van der Waals surface area contributed by atoms with Crippen LogP contribution in [0.1, 0.15) is 24.9 Å². The summed E-state index contributed by atoms with van der Waals surface area (Å²) in [5, 5.41) is 4.24. The van der Waals surface area contributed by atoms with Crippen molar-refractivity contribution in [3.05, 3.63) is 33.3 Å². The molecule has 3 unspecified atom stereocenters. The summed E-state index contributed by atoms with van der Waals surface area (Å²) in [6.45, 7) is 2.11. The third-order valence-electron chi connectivity index (χ3n) is 3.01. The Bertz CT molecular complexity index is 441. The molecule has 3 atom stereocenters. The Hall–Kier alpha value is 0.1000. The lowest BCUT2D eigenvalue weighted by atomic mass is 10.1. The first-order chi connectivity index (χ1) is 8.10. The lowest BCUT2D eigenvalue weighted by Gasteiger charge is -2.30. The maximum atomic E-state index is 11.8. The van der Waals surface area contributed by atoms with Gasteiger partial charge in [0.1, 0.15) is 0 Å². The normalized spacial score (nSPS) is 29.2. The molecule has 0 aromatic heterocycles. The van der Waals surface area contributed by atoms with Crippen LogP contribution < -0.4 is 5.32 Å². The summed E-state index contributed by atoms with van der Waals surface area (Å²) in [5.41, 5.74) is 1.04. The van der Waals surface area contributed by atoms with E-state index in [0.29, 0.717) is 11.8 Å². The summed E-state index contributed by atoms with van der Waals surface area (Å²) in [6.07, 6.45) is 0.996. The average molecular weight is 337 g/mol. The average Bonchev–Trinajstić information content (AvgIpc) is 2.28. The fourth-order valence-corrected chi connectivity index (χ4v) is 4.43. The summed E-state index contributed by atoms with van der Waals surface area (Å²) in [7, 11) is -0.747. The molecule has 0 spiro atoms. The molecule has 94 valence electrons. The lowest BCUT2D eigenvalue weighted by Crippen LogP contribution is -2.44. The van der Waals surface area contributed by atoms with Gasteiger partial charge >= 0.3 is 0 Å². The quantitative estimate of drug-likeness (QED) is 0.898. The standard InChI is InChI=1S/C12H15BrClNOS/c1-2-9-6-17(16)7-12(15-9)10-4-3-8(13)5-11(10)14/h3-5,9,12,15H,2,6-7H2,1H3. The zero-order chi connectivity index (χ0) is 12.4. The van der Waals surface area contributed by atoms with Gasteiger partial charge in [0.2, 0.25) is 0 Å². The summed E-state index contributed by atoms with van der Waals surface area (Å²) in [6, 6.07) is 6.29. The number of benzene rings is 1. The zero-order valence-electron chi connectivity index (χ0n) is 9.58. The van der Waals surface area contributed by atoms with Gasteiger partial charge in [-0.25, -0.2) is 0 Å². The Morgan fingerprint density at radius 3 is 2.94 bits per heavy atom. The first-order valence-corrected chi connectivity index (χ1v) is 8.32. The Balaban J connectivity index is 2.23. The van der Waals surface area contributed by atoms with Crippen LogP contribution in [0.15, 0.2) is 22.7 Å². The Morgan fingerprint density at radius 1 is 1.53 bits per heavy atom. The molecule has 0 aliphatic carbocycles. The van der Waals surface area contributed by atoms with Gasteiger partial charge in [0.05, 0.1) is 0 Å². The van der Waals surface area contributed by atoms with E-state index in [-0.39, 0.29) is 6.04 Å². The topological polar surface area (TPSA) is 29.1 Å². The van der Waals surface area contributed by atoms with Gasteiger partial charge in [-0.1, -0.05) is 40.5 Å². The molecule has 1 saturated heterocycles. The van der Waals surface area contributed by atoms with Gasteiger partial charge in [-0.05, 0) is 24.1 Å². The maximum absolute atomic E-state index is 11.8. The molecule has 1 aliphatic heterocycles. The molecule has 1 aromatic rings. The van der Waals surface area contributed by atoms with Crippen molar-refractivity contribution in [1.29, 1.82) is 0 Å². The number of hydrogen-bond donors (Lipinski definition) is 1. The van der Waals surface area contributed by atoms with Crippen molar-refractivity contribution >= 4 is 38.3 Å².